The number of nitrogens with one attached hydrogen (secondary N) is 1. The van der Waals surface area contributed by atoms with Crippen LogP contribution in [0.4, 0.5) is 0 Å². The molecule has 5 nitrogen and oxygen atoms in total. The third kappa shape index (κ3) is 2.35. The molecule has 5 heteroatoms. The van der Waals surface area contributed by atoms with Gasteiger partial charge in [-0.3, -0.25) is 0 Å². The van der Waals surface area contributed by atoms with Crippen molar-refractivity contribution >= 4 is 0 Å². The molecule has 1 saturated carbocycles. The molecule has 1 aromatic heterocycles. The summed E-state index contributed by atoms with van der Waals surface area (Å²) in [6.07, 6.45) is 6.62. The third-order valence-corrected chi connectivity index (χ3v) is 3.83. The SMILES string of the molecule is O[C@@H]1CN[C@H](c2nc(C3CCCCC3)no2)C1. The van der Waals surface area contributed by atoms with Crippen LogP contribution in [-0.4, -0.2) is 27.9 Å². The molecule has 0 bridgehead atoms. The van der Waals surface area contributed by atoms with Crippen LogP contribution >= 0.6 is 0 Å². The summed E-state index contributed by atoms with van der Waals surface area (Å²) in [5, 5.41) is 16.8. The average Bonchev–Trinajstić information content (AvgIpc) is 2.98. The van der Waals surface area contributed by atoms with Gasteiger partial charge in [-0.05, 0) is 19.3 Å². The predicted molar refractivity (Wildman–Crippen MR) is 61.5 cm³/mol. The number of nitrogens with zero attached hydrogens (tertiary/aromatic N) is 2. The molecule has 0 spiro atoms. The Labute approximate surface area is 101 Å². The van der Waals surface area contributed by atoms with Crippen molar-refractivity contribution in [3.05, 3.63) is 11.7 Å². The normalized spacial score (nSPS) is 30.9. The second-order valence-corrected chi connectivity index (χ2v) is 5.18. The zero-order chi connectivity index (χ0) is 11.7. The molecule has 94 valence electrons. The lowest BCUT2D eigenvalue weighted by molar-refractivity contribution is 0.191. The number of aliphatic hydroxyl groups is 1. The molecule has 2 heterocycles. The molecule has 3 rings (SSSR count). The summed E-state index contributed by atoms with van der Waals surface area (Å²) in [5.74, 6) is 1.98. The van der Waals surface area contributed by atoms with E-state index in [9.17, 15) is 5.11 Å². The third-order valence-electron chi connectivity index (χ3n) is 3.83. The maximum atomic E-state index is 9.46. The van der Waals surface area contributed by atoms with Gasteiger partial charge in [-0.1, -0.05) is 24.4 Å². The molecule has 1 aromatic rings. The van der Waals surface area contributed by atoms with Crippen LogP contribution in [0.3, 0.4) is 0 Å². The number of aliphatic hydroxyl groups excluding tert-OH is 1. The molecule has 0 amide bonds. The molecule has 0 aromatic carbocycles. The van der Waals surface area contributed by atoms with Gasteiger partial charge in [0.2, 0.25) is 5.89 Å². The number of rotatable bonds is 2. The highest BCUT2D eigenvalue weighted by Crippen LogP contribution is 2.32. The number of hydrogen-bond acceptors (Lipinski definition) is 5. The second kappa shape index (κ2) is 4.74. The van der Waals surface area contributed by atoms with Gasteiger partial charge in [0.25, 0.3) is 0 Å². The summed E-state index contributed by atoms with van der Waals surface area (Å²) in [5.41, 5.74) is 0. The van der Waals surface area contributed by atoms with Crippen molar-refractivity contribution < 1.29 is 9.63 Å². The van der Waals surface area contributed by atoms with Crippen molar-refractivity contribution in [3.63, 3.8) is 0 Å². The van der Waals surface area contributed by atoms with Crippen LogP contribution in [0.2, 0.25) is 0 Å². The first-order valence-corrected chi connectivity index (χ1v) is 6.58. The molecule has 2 fully saturated rings. The van der Waals surface area contributed by atoms with Crippen LogP contribution in [0.5, 0.6) is 0 Å². The van der Waals surface area contributed by atoms with Gasteiger partial charge in [0.15, 0.2) is 5.82 Å². The van der Waals surface area contributed by atoms with Crippen LogP contribution in [0.1, 0.15) is 62.2 Å². The molecular formula is C12H19N3O2. The van der Waals surface area contributed by atoms with Crippen molar-refractivity contribution in [1.82, 2.24) is 15.5 Å². The first-order valence-electron chi connectivity index (χ1n) is 6.58. The highest BCUT2D eigenvalue weighted by Gasteiger charge is 2.29. The summed E-state index contributed by atoms with van der Waals surface area (Å²) >= 11 is 0. The zero-order valence-corrected chi connectivity index (χ0v) is 9.93. The van der Waals surface area contributed by atoms with Gasteiger partial charge in [0.05, 0.1) is 12.1 Å². The van der Waals surface area contributed by atoms with Gasteiger partial charge >= 0.3 is 0 Å². The number of β-amino-alcohol motifs (C(OH)–C–C–N with tert-alkyl or cyclic N) is 1. The maximum Gasteiger partial charge on any atom is 0.243 e. The molecule has 2 N–H and O–H groups in total. The van der Waals surface area contributed by atoms with Crippen molar-refractivity contribution in [2.75, 3.05) is 6.54 Å². The lowest BCUT2D eigenvalue weighted by Gasteiger charge is -2.17. The topological polar surface area (TPSA) is 71.2 Å². The van der Waals surface area contributed by atoms with Gasteiger partial charge in [0.1, 0.15) is 0 Å². The Morgan fingerprint density at radius 3 is 2.76 bits per heavy atom. The second-order valence-electron chi connectivity index (χ2n) is 5.18. The average molecular weight is 237 g/mol. The summed E-state index contributed by atoms with van der Waals surface area (Å²) in [4.78, 5) is 4.50. The first kappa shape index (κ1) is 11.2. The highest BCUT2D eigenvalue weighted by atomic mass is 16.5. The van der Waals surface area contributed by atoms with Crippen LogP contribution in [-0.2, 0) is 0 Å². The molecule has 0 radical (unpaired) electrons. The van der Waals surface area contributed by atoms with Gasteiger partial charge in [-0.2, -0.15) is 4.98 Å². The fourth-order valence-electron chi connectivity index (χ4n) is 2.82. The van der Waals surface area contributed by atoms with Gasteiger partial charge < -0.3 is 14.9 Å². The van der Waals surface area contributed by atoms with E-state index in [1.165, 1.54) is 32.1 Å². The molecule has 0 unspecified atom stereocenters. The lowest BCUT2D eigenvalue weighted by atomic mass is 9.89. The minimum absolute atomic E-state index is 0.0369. The van der Waals surface area contributed by atoms with Crippen LogP contribution in [0, 0.1) is 0 Å². The summed E-state index contributed by atoms with van der Waals surface area (Å²) < 4.78 is 5.32. The van der Waals surface area contributed by atoms with E-state index in [0.717, 1.165) is 5.82 Å². The van der Waals surface area contributed by atoms with Crippen molar-refractivity contribution in [2.45, 2.75) is 56.6 Å². The summed E-state index contributed by atoms with van der Waals surface area (Å²) in [7, 11) is 0. The Balaban J connectivity index is 1.69. The standard InChI is InChI=1S/C12H19N3O2/c16-9-6-10(13-7-9)12-14-11(15-17-12)8-4-2-1-3-5-8/h8-10,13,16H,1-7H2/t9-,10-/m0/s1. The van der Waals surface area contributed by atoms with Gasteiger partial charge in [0, 0.05) is 12.5 Å². The Bertz CT molecular complexity index is 354. The minimum Gasteiger partial charge on any atom is -0.392 e. The van der Waals surface area contributed by atoms with E-state index in [1.54, 1.807) is 0 Å². The van der Waals surface area contributed by atoms with E-state index in [0.29, 0.717) is 24.8 Å². The zero-order valence-electron chi connectivity index (χ0n) is 9.93. The lowest BCUT2D eigenvalue weighted by Crippen LogP contribution is -2.15. The van der Waals surface area contributed by atoms with Gasteiger partial charge in [-0.15, -0.1) is 0 Å². The maximum absolute atomic E-state index is 9.46. The van der Waals surface area contributed by atoms with Crippen LogP contribution in [0.15, 0.2) is 4.52 Å². The number of hydrogen-bond donors (Lipinski definition) is 2. The number of aromatic nitrogens is 2. The Morgan fingerprint density at radius 2 is 2.06 bits per heavy atom. The quantitative estimate of drug-likeness (QED) is 0.816. The fourth-order valence-corrected chi connectivity index (χ4v) is 2.82. The molecule has 17 heavy (non-hydrogen) atoms. The summed E-state index contributed by atoms with van der Waals surface area (Å²) in [6.45, 7) is 0.617. The molecule has 2 atom stereocenters. The molecular weight excluding hydrogens is 218 g/mol. The summed E-state index contributed by atoms with van der Waals surface area (Å²) in [6, 6.07) is 0.0369. The Hall–Kier alpha value is -0.940. The molecule has 1 aliphatic heterocycles. The Kier molecular flexibility index (Phi) is 3.11. The molecule has 1 saturated heterocycles. The van der Waals surface area contributed by atoms with Crippen molar-refractivity contribution in [3.8, 4) is 0 Å². The van der Waals surface area contributed by atoms with E-state index >= 15 is 0 Å². The monoisotopic (exact) mass is 237 g/mol. The first-order chi connectivity index (χ1) is 8.33. The predicted octanol–water partition coefficient (Wildman–Crippen LogP) is 1.51. The highest BCUT2D eigenvalue weighted by molar-refractivity contribution is 5.01. The van der Waals surface area contributed by atoms with E-state index < -0.39 is 0 Å². The van der Waals surface area contributed by atoms with E-state index in [-0.39, 0.29) is 12.1 Å². The molecule has 2 aliphatic rings. The van der Waals surface area contributed by atoms with Crippen molar-refractivity contribution in [2.24, 2.45) is 0 Å². The Morgan fingerprint density at radius 1 is 1.24 bits per heavy atom. The smallest absolute Gasteiger partial charge is 0.243 e. The van der Waals surface area contributed by atoms with E-state index in [4.69, 9.17) is 4.52 Å². The largest absolute Gasteiger partial charge is 0.392 e. The van der Waals surface area contributed by atoms with E-state index in [2.05, 4.69) is 15.5 Å². The molecule has 1 aliphatic carbocycles. The fraction of sp³-hybridized carbons (Fsp3) is 0.833. The van der Waals surface area contributed by atoms with Crippen LogP contribution in [0.25, 0.3) is 0 Å². The van der Waals surface area contributed by atoms with Gasteiger partial charge in [-0.25, -0.2) is 0 Å². The minimum atomic E-state index is -0.287. The van der Waals surface area contributed by atoms with Crippen LogP contribution < -0.4 is 5.32 Å². The van der Waals surface area contributed by atoms with Crippen molar-refractivity contribution in [1.29, 1.82) is 0 Å². The van der Waals surface area contributed by atoms with E-state index in [1.807, 2.05) is 0 Å².